The van der Waals surface area contributed by atoms with E-state index < -0.39 is 0 Å². The first kappa shape index (κ1) is 13.0. The predicted molar refractivity (Wildman–Crippen MR) is 81.6 cm³/mol. The summed E-state index contributed by atoms with van der Waals surface area (Å²) in [5.74, 6) is 1.08. The molecule has 0 radical (unpaired) electrons. The van der Waals surface area contributed by atoms with Crippen LogP contribution in [0.1, 0.15) is 38.5 Å². The number of hydrogen-bond donors (Lipinski definition) is 1. The Kier molecular flexibility index (Phi) is 4.39. The second kappa shape index (κ2) is 6.42. The van der Waals surface area contributed by atoms with E-state index in [2.05, 4.69) is 40.5 Å². The number of para-hydroxylation sites is 1. The summed E-state index contributed by atoms with van der Waals surface area (Å²) in [5, 5.41) is 3.75. The highest BCUT2D eigenvalue weighted by atomic mass is 15.1. The Morgan fingerprint density at radius 3 is 2.42 bits per heavy atom. The Hall–Kier alpha value is -1.02. The SMILES string of the molecule is c1ccc(N2CCC(NCCCC3CC3)CC2)cc1. The van der Waals surface area contributed by atoms with Crippen molar-refractivity contribution in [2.45, 2.75) is 44.6 Å². The summed E-state index contributed by atoms with van der Waals surface area (Å²) in [6, 6.07) is 11.6. The largest absolute Gasteiger partial charge is 0.371 e. The average molecular weight is 258 g/mol. The van der Waals surface area contributed by atoms with Crippen molar-refractivity contribution >= 4 is 5.69 Å². The van der Waals surface area contributed by atoms with Gasteiger partial charge in [0, 0.05) is 24.8 Å². The van der Waals surface area contributed by atoms with Gasteiger partial charge < -0.3 is 10.2 Å². The van der Waals surface area contributed by atoms with E-state index in [1.54, 1.807) is 0 Å². The molecule has 1 aromatic carbocycles. The second-order valence-corrected chi connectivity index (χ2v) is 6.14. The van der Waals surface area contributed by atoms with E-state index in [9.17, 15) is 0 Å². The number of rotatable bonds is 6. The van der Waals surface area contributed by atoms with Gasteiger partial charge in [-0.3, -0.25) is 0 Å². The second-order valence-electron chi connectivity index (χ2n) is 6.14. The molecule has 3 rings (SSSR count). The van der Waals surface area contributed by atoms with Gasteiger partial charge in [0.15, 0.2) is 0 Å². The molecule has 1 saturated heterocycles. The minimum absolute atomic E-state index is 0.749. The lowest BCUT2D eigenvalue weighted by atomic mass is 10.0. The van der Waals surface area contributed by atoms with Crippen LogP contribution in [0.2, 0.25) is 0 Å². The van der Waals surface area contributed by atoms with Gasteiger partial charge in [0.25, 0.3) is 0 Å². The zero-order valence-electron chi connectivity index (χ0n) is 11.9. The molecule has 0 aromatic heterocycles. The Labute approximate surface area is 117 Å². The standard InChI is InChI=1S/C17H26N2/c1-2-6-17(7-3-1)19-13-10-16(11-14-19)18-12-4-5-15-8-9-15/h1-3,6-7,15-16,18H,4-5,8-14H2. The topological polar surface area (TPSA) is 15.3 Å². The van der Waals surface area contributed by atoms with Crippen molar-refractivity contribution in [1.82, 2.24) is 5.32 Å². The highest BCUT2D eigenvalue weighted by Gasteiger charge is 2.21. The lowest BCUT2D eigenvalue weighted by Gasteiger charge is -2.34. The zero-order valence-corrected chi connectivity index (χ0v) is 11.9. The van der Waals surface area contributed by atoms with Crippen LogP contribution < -0.4 is 10.2 Å². The molecule has 2 nitrogen and oxygen atoms in total. The highest BCUT2D eigenvalue weighted by Crippen LogP contribution is 2.33. The minimum Gasteiger partial charge on any atom is -0.371 e. The summed E-state index contributed by atoms with van der Waals surface area (Å²) in [7, 11) is 0. The van der Waals surface area contributed by atoms with Crippen LogP contribution in [0.25, 0.3) is 0 Å². The molecule has 1 aromatic rings. The third-order valence-corrected chi connectivity index (χ3v) is 4.54. The number of hydrogen-bond acceptors (Lipinski definition) is 2. The van der Waals surface area contributed by atoms with E-state index in [-0.39, 0.29) is 0 Å². The first-order chi connectivity index (χ1) is 9.42. The van der Waals surface area contributed by atoms with E-state index in [0.717, 1.165) is 12.0 Å². The van der Waals surface area contributed by atoms with Crippen LogP contribution in [0.15, 0.2) is 30.3 Å². The molecule has 1 aliphatic heterocycles. The lowest BCUT2D eigenvalue weighted by molar-refractivity contribution is 0.408. The van der Waals surface area contributed by atoms with Crippen LogP contribution in [-0.4, -0.2) is 25.7 Å². The van der Waals surface area contributed by atoms with Gasteiger partial charge in [-0.15, -0.1) is 0 Å². The van der Waals surface area contributed by atoms with Crippen molar-refractivity contribution in [2.24, 2.45) is 5.92 Å². The molecule has 0 atom stereocenters. The smallest absolute Gasteiger partial charge is 0.0366 e. The molecule has 0 amide bonds. The summed E-state index contributed by atoms with van der Waals surface area (Å²) in [6.07, 6.45) is 8.40. The van der Waals surface area contributed by atoms with Gasteiger partial charge in [0.2, 0.25) is 0 Å². The van der Waals surface area contributed by atoms with Crippen LogP contribution in [0, 0.1) is 5.92 Å². The molecule has 1 aliphatic carbocycles. The maximum atomic E-state index is 3.75. The summed E-state index contributed by atoms with van der Waals surface area (Å²) in [5.41, 5.74) is 1.38. The normalized spacial score (nSPS) is 20.7. The van der Waals surface area contributed by atoms with Gasteiger partial charge in [0.1, 0.15) is 0 Å². The van der Waals surface area contributed by atoms with E-state index in [1.807, 2.05) is 0 Å². The molecule has 2 heteroatoms. The molecule has 1 N–H and O–H groups in total. The molecule has 0 spiro atoms. The quantitative estimate of drug-likeness (QED) is 0.786. The first-order valence-electron chi connectivity index (χ1n) is 7.95. The number of nitrogens with zero attached hydrogens (tertiary/aromatic N) is 1. The van der Waals surface area contributed by atoms with Gasteiger partial charge in [0.05, 0.1) is 0 Å². The molecule has 2 fully saturated rings. The summed E-state index contributed by atoms with van der Waals surface area (Å²) in [4.78, 5) is 2.52. The Bertz CT molecular complexity index is 364. The monoisotopic (exact) mass is 258 g/mol. The molecule has 1 saturated carbocycles. The Morgan fingerprint density at radius 1 is 1.00 bits per heavy atom. The van der Waals surface area contributed by atoms with Crippen molar-refractivity contribution in [3.05, 3.63) is 30.3 Å². The molecule has 2 aliphatic rings. The van der Waals surface area contributed by atoms with E-state index in [1.165, 1.54) is 63.8 Å². The Balaban J connectivity index is 1.34. The summed E-state index contributed by atoms with van der Waals surface area (Å²) in [6.45, 7) is 3.63. The van der Waals surface area contributed by atoms with E-state index >= 15 is 0 Å². The van der Waals surface area contributed by atoms with Crippen molar-refractivity contribution in [3.8, 4) is 0 Å². The predicted octanol–water partition coefficient (Wildman–Crippen LogP) is 3.44. The van der Waals surface area contributed by atoms with Crippen molar-refractivity contribution < 1.29 is 0 Å². The zero-order chi connectivity index (χ0) is 12.9. The minimum atomic E-state index is 0.749. The van der Waals surface area contributed by atoms with E-state index in [4.69, 9.17) is 0 Å². The summed E-state index contributed by atoms with van der Waals surface area (Å²) < 4.78 is 0. The van der Waals surface area contributed by atoms with Gasteiger partial charge >= 0.3 is 0 Å². The van der Waals surface area contributed by atoms with Gasteiger partial charge in [-0.1, -0.05) is 31.0 Å². The molecular weight excluding hydrogens is 232 g/mol. The molecule has 0 bridgehead atoms. The fourth-order valence-electron chi connectivity index (χ4n) is 3.08. The van der Waals surface area contributed by atoms with Crippen LogP contribution in [0.5, 0.6) is 0 Å². The highest BCUT2D eigenvalue weighted by molar-refractivity contribution is 5.46. The number of anilines is 1. The van der Waals surface area contributed by atoms with Crippen molar-refractivity contribution in [2.75, 3.05) is 24.5 Å². The van der Waals surface area contributed by atoms with Gasteiger partial charge in [-0.05, 0) is 50.3 Å². The molecular formula is C17H26N2. The van der Waals surface area contributed by atoms with E-state index in [0.29, 0.717) is 0 Å². The average Bonchev–Trinajstić information content (AvgIpc) is 3.29. The number of piperidine rings is 1. The Morgan fingerprint density at radius 2 is 1.74 bits per heavy atom. The lowest BCUT2D eigenvalue weighted by Crippen LogP contribution is -2.42. The van der Waals surface area contributed by atoms with Crippen molar-refractivity contribution in [3.63, 3.8) is 0 Å². The molecule has 19 heavy (non-hydrogen) atoms. The third kappa shape index (κ3) is 3.97. The molecule has 0 unspecified atom stereocenters. The van der Waals surface area contributed by atoms with Crippen LogP contribution in [0.3, 0.4) is 0 Å². The number of benzene rings is 1. The summed E-state index contributed by atoms with van der Waals surface area (Å²) >= 11 is 0. The molecule has 1 heterocycles. The maximum absolute atomic E-state index is 3.75. The maximum Gasteiger partial charge on any atom is 0.0366 e. The van der Waals surface area contributed by atoms with Gasteiger partial charge in [-0.2, -0.15) is 0 Å². The third-order valence-electron chi connectivity index (χ3n) is 4.54. The fraction of sp³-hybridized carbons (Fsp3) is 0.647. The fourth-order valence-corrected chi connectivity index (χ4v) is 3.08. The first-order valence-corrected chi connectivity index (χ1v) is 7.95. The number of nitrogens with one attached hydrogen (secondary N) is 1. The van der Waals surface area contributed by atoms with Crippen LogP contribution >= 0.6 is 0 Å². The van der Waals surface area contributed by atoms with Crippen LogP contribution in [-0.2, 0) is 0 Å². The van der Waals surface area contributed by atoms with Gasteiger partial charge in [-0.25, -0.2) is 0 Å². The van der Waals surface area contributed by atoms with Crippen LogP contribution in [0.4, 0.5) is 5.69 Å². The molecule has 104 valence electrons. The van der Waals surface area contributed by atoms with Crippen molar-refractivity contribution in [1.29, 1.82) is 0 Å².